The number of hydrogen-bond acceptors (Lipinski definition) is 3. The highest BCUT2D eigenvalue weighted by molar-refractivity contribution is 5.74. The fourth-order valence-electron chi connectivity index (χ4n) is 2.78. The number of piperazine rings is 1. The molecule has 2 rings (SSSR count). The predicted molar refractivity (Wildman–Crippen MR) is 73.6 cm³/mol. The van der Waals surface area contributed by atoms with Gasteiger partial charge in [-0.25, -0.2) is 4.79 Å². The molecule has 0 N–H and O–H groups in total. The van der Waals surface area contributed by atoms with Crippen LogP contribution in [-0.4, -0.2) is 66.0 Å². The minimum absolute atomic E-state index is 0.0481. The van der Waals surface area contributed by atoms with Crippen molar-refractivity contribution < 1.29 is 4.79 Å². The maximum absolute atomic E-state index is 12.4. The second-order valence-electron chi connectivity index (χ2n) is 5.78. The SMILES string of the molecule is CC1CCN(C(=O)N2CCN(C(C)C#N)CC2)CC1. The summed E-state index contributed by atoms with van der Waals surface area (Å²) in [7, 11) is 0. The molecule has 1 unspecified atom stereocenters. The second kappa shape index (κ2) is 6.25. The monoisotopic (exact) mass is 264 g/mol. The molecule has 0 bridgehead atoms. The zero-order valence-electron chi connectivity index (χ0n) is 12.0. The van der Waals surface area contributed by atoms with E-state index in [4.69, 9.17) is 5.26 Å². The van der Waals surface area contributed by atoms with Crippen LogP contribution in [0.4, 0.5) is 4.79 Å². The fourth-order valence-corrected chi connectivity index (χ4v) is 2.78. The van der Waals surface area contributed by atoms with Gasteiger partial charge in [0, 0.05) is 39.3 Å². The van der Waals surface area contributed by atoms with Gasteiger partial charge in [0.25, 0.3) is 0 Å². The number of rotatable bonds is 1. The lowest BCUT2D eigenvalue weighted by atomic mass is 9.99. The van der Waals surface area contributed by atoms with Crippen molar-refractivity contribution in [1.82, 2.24) is 14.7 Å². The van der Waals surface area contributed by atoms with Gasteiger partial charge >= 0.3 is 6.03 Å². The van der Waals surface area contributed by atoms with Gasteiger partial charge in [-0.3, -0.25) is 4.90 Å². The first-order valence-electron chi connectivity index (χ1n) is 7.29. The summed E-state index contributed by atoms with van der Waals surface area (Å²) >= 11 is 0. The summed E-state index contributed by atoms with van der Waals surface area (Å²) in [4.78, 5) is 18.4. The molecular formula is C14H24N4O. The molecule has 2 aliphatic heterocycles. The summed E-state index contributed by atoms with van der Waals surface area (Å²) < 4.78 is 0. The second-order valence-corrected chi connectivity index (χ2v) is 5.78. The number of nitriles is 1. The van der Waals surface area contributed by atoms with Crippen molar-refractivity contribution >= 4 is 6.03 Å². The van der Waals surface area contributed by atoms with Crippen LogP contribution in [0.15, 0.2) is 0 Å². The molecule has 0 aromatic rings. The first kappa shape index (κ1) is 14.1. The van der Waals surface area contributed by atoms with Crippen molar-refractivity contribution in [3.63, 3.8) is 0 Å². The number of nitrogens with zero attached hydrogens (tertiary/aromatic N) is 4. The first-order valence-corrected chi connectivity index (χ1v) is 7.29. The Morgan fingerprint density at radius 3 is 2.16 bits per heavy atom. The third-order valence-corrected chi connectivity index (χ3v) is 4.37. The minimum atomic E-state index is -0.0481. The van der Waals surface area contributed by atoms with Crippen LogP contribution < -0.4 is 0 Å². The van der Waals surface area contributed by atoms with Gasteiger partial charge in [0.15, 0.2) is 0 Å². The summed E-state index contributed by atoms with van der Waals surface area (Å²) in [5, 5.41) is 8.91. The molecule has 2 saturated heterocycles. The van der Waals surface area contributed by atoms with Crippen LogP contribution in [0.1, 0.15) is 26.7 Å². The number of piperidine rings is 1. The highest BCUT2D eigenvalue weighted by Gasteiger charge is 2.28. The van der Waals surface area contributed by atoms with Crippen LogP contribution >= 0.6 is 0 Å². The quantitative estimate of drug-likeness (QED) is 0.718. The summed E-state index contributed by atoms with van der Waals surface area (Å²) in [6.45, 7) is 9.08. The molecule has 0 spiro atoms. The van der Waals surface area contributed by atoms with Crippen molar-refractivity contribution in [3.8, 4) is 6.07 Å². The lowest BCUT2D eigenvalue weighted by Gasteiger charge is -2.40. The number of hydrogen-bond donors (Lipinski definition) is 0. The van der Waals surface area contributed by atoms with Gasteiger partial charge in [-0.15, -0.1) is 0 Å². The van der Waals surface area contributed by atoms with E-state index < -0.39 is 0 Å². The highest BCUT2D eigenvalue weighted by atomic mass is 16.2. The van der Waals surface area contributed by atoms with E-state index in [2.05, 4.69) is 17.9 Å². The van der Waals surface area contributed by atoms with Crippen molar-refractivity contribution in [2.45, 2.75) is 32.7 Å². The number of amides is 2. The Labute approximate surface area is 115 Å². The topological polar surface area (TPSA) is 50.6 Å². The lowest BCUT2D eigenvalue weighted by Crippen LogP contribution is -2.55. The van der Waals surface area contributed by atoms with Gasteiger partial charge in [-0.2, -0.15) is 5.26 Å². The van der Waals surface area contributed by atoms with Gasteiger partial charge in [-0.05, 0) is 25.7 Å². The molecule has 2 amide bonds. The summed E-state index contributed by atoms with van der Waals surface area (Å²) in [5.41, 5.74) is 0. The number of urea groups is 1. The van der Waals surface area contributed by atoms with Crippen LogP contribution in [0.5, 0.6) is 0 Å². The van der Waals surface area contributed by atoms with E-state index >= 15 is 0 Å². The van der Waals surface area contributed by atoms with Crippen molar-refractivity contribution in [3.05, 3.63) is 0 Å². The fraction of sp³-hybridized carbons (Fsp3) is 0.857. The van der Waals surface area contributed by atoms with Gasteiger partial charge < -0.3 is 9.80 Å². The van der Waals surface area contributed by atoms with E-state index in [0.717, 1.165) is 58.0 Å². The van der Waals surface area contributed by atoms with Crippen LogP contribution in [-0.2, 0) is 0 Å². The number of carbonyl (C=O) groups is 1. The van der Waals surface area contributed by atoms with Gasteiger partial charge in [-0.1, -0.05) is 6.92 Å². The lowest BCUT2D eigenvalue weighted by molar-refractivity contribution is 0.0964. The number of carbonyl (C=O) groups excluding carboxylic acids is 1. The zero-order chi connectivity index (χ0) is 13.8. The molecule has 2 heterocycles. The smallest absolute Gasteiger partial charge is 0.320 e. The van der Waals surface area contributed by atoms with Crippen LogP contribution in [0, 0.1) is 17.2 Å². The van der Waals surface area contributed by atoms with Crippen molar-refractivity contribution in [2.24, 2.45) is 5.92 Å². The van der Waals surface area contributed by atoms with Crippen LogP contribution in [0.2, 0.25) is 0 Å². The van der Waals surface area contributed by atoms with E-state index in [1.807, 2.05) is 16.7 Å². The molecule has 0 aromatic carbocycles. The third kappa shape index (κ3) is 3.38. The average Bonchev–Trinajstić information content (AvgIpc) is 2.46. The van der Waals surface area contributed by atoms with Crippen LogP contribution in [0.25, 0.3) is 0 Å². The molecule has 0 aromatic heterocycles. The van der Waals surface area contributed by atoms with Gasteiger partial charge in [0.2, 0.25) is 0 Å². The van der Waals surface area contributed by atoms with E-state index in [9.17, 15) is 4.79 Å². The molecule has 2 fully saturated rings. The summed E-state index contributed by atoms with van der Waals surface area (Å²) in [6, 6.07) is 2.40. The molecule has 0 aliphatic carbocycles. The predicted octanol–water partition coefficient (Wildman–Crippen LogP) is 1.37. The summed E-state index contributed by atoms with van der Waals surface area (Å²) in [5.74, 6) is 0.748. The standard InChI is InChI=1S/C14H24N4O/c1-12-3-5-17(6-4-12)14(19)18-9-7-16(8-10-18)13(2)11-15/h12-13H,3-10H2,1-2H3. The maximum atomic E-state index is 12.4. The summed E-state index contributed by atoms with van der Waals surface area (Å²) in [6.07, 6.45) is 2.24. The van der Waals surface area contributed by atoms with Gasteiger partial charge in [0.05, 0.1) is 12.1 Å². The molecule has 5 heteroatoms. The normalized spacial score (nSPS) is 24.1. The Morgan fingerprint density at radius 1 is 1.11 bits per heavy atom. The third-order valence-electron chi connectivity index (χ3n) is 4.37. The Balaban J connectivity index is 1.81. The molecule has 5 nitrogen and oxygen atoms in total. The largest absolute Gasteiger partial charge is 0.325 e. The molecule has 2 aliphatic rings. The van der Waals surface area contributed by atoms with E-state index in [1.54, 1.807) is 0 Å². The van der Waals surface area contributed by atoms with E-state index in [1.165, 1.54) is 0 Å². The Hall–Kier alpha value is -1.28. The van der Waals surface area contributed by atoms with Gasteiger partial charge in [0.1, 0.15) is 0 Å². The molecule has 19 heavy (non-hydrogen) atoms. The zero-order valence-corrected chi connectivity index (χ0v) is 12.0. The maximum Gasteiger partial charge on any atom is 0.320 e. The Kier molecular flexibility index (Phi) is 4.65. The molecule has 0 radical (unpaired) electrons. The molecule has 106 valence electrons. The highest BCUT2D eigenvalue weighted by Crippen LogP contribution is 2.18. The van der Waals surface area contributed by atoms with E-state index in [0.29, 0.717) is 0 Å². The Morgan fingerprint density at radius 2 is 1.63 bits per heavy atom. The van der Waals surface area contributed by atoms with E-state index in [-0.39, 0.29) is 12.1 Å². The minimum Gasteiger partial charge on any atom is -0.325 e. The Bertz CT molecular complexity index is 349. The number of likely N-dealkylation sites (tertiary alicyclic amines) is 1. The molecular weight excluding hydrogens is 240 g/mol. The molecule has 0 saturated carbocycles. The molecule has 1 atom stereocenters. The average molecular weight is 264 g/mol. The van der Waals surface area contributed by atoms with Crippen LogP contribution in [0.3, 0.4) is 0 Å². The van der Waals surface area contributed by atoms with Crippen molar-refractivity contribution in [2.75, 3.05) is 39.3 Å². The van der Waals surface area contributed by atoms with Crippen molar-refractivity contribution in [1.29, 1.82) is 5.26 Å². The first-order chi connectivity index (χ1) is 9.11.